The third-order valence-electron chi connectivity index (χ3n) is 3.92. The Hall–Kier alpha value is -2.86. The summed E-state index contributed by atoms with van der Waals surface area (Å²) >= 11 is 6.16. The average molecular weight is 371 g/mol. The highest BCUT2D eigenvalue weighted by molar-refractivity contribution is 6.33. The molecule has 0 bridgehead atoms. The lowest BCUT2D eigenvalue weighted by Gasteiger charge is -2.12. The number of anilines is 1. The van der Waals surface area contributed by atoms with Gasteiger partial charge >= 0.3 is 6.03 Å². The quantitative estimate of drug-likeness (QED) is 0.664. The largest absolute Gasteiger partial charge is 0.335 e. The number of carbonyl (C=O) groups excluding carboxylic acids is 1. The van der Waals surface area contributed by atoms with E-state index in [4.69, 9.17) is 16.1 Å². The van der Waals surface area contributed by atoms with E-state index in [0.29, 0.717) is 28.0 Å². The molecule has 0 unspecified atom stereocenters. The number of carbonyl (C=O) groups is 1. The molecule has 0 aliphatic rings. The molecule has 3 rings (SSSR count). The molecule has 2 aromatic carbocycles. The van der Waals surface area contributed by atoms with Crippen LogP contribution in [0.15, 0.2) is 53.1 Å². The van der Waals surface area contributed by atoms with Gasteiger partial charge in [0.25, 0.3) is 5.89 Å². The molecule has 0 saturated heterocycles. The molecule has 0 spiro atoms. The van der Waals surface area contributed by atoms with Crippen molar-refractivity contribution in [3.8, 4) is 22.8 Å². The number of benzene rings is 2. The molecular weight excluding hydrogens is 352 g/mol. The summed E-state index contributed by atoms with van der Waals surface area (Å²) < 4.78 is 5.31. The Bertz CT molecular complexity index is 893. The van der Waals surface area contributed by atoms with Crippen molar-refractivity contribution in [2.24, 2.45) is 0 Å². The highest BCUT2D eigenvalue weighted by Gasteiger charge is 2.13. The third-order valence-corrected chi connectivity index (χ3v) is 4.25. The van der Waals surface area contributed by atoms with Crippen LogP contribution in [0.5, 0.6) is 0 Å². The highest BCUT2D eigenvalue weighted by atomic mass is 35.5. The summed E-state index contributed by atoms with van der Waals surface area (Å²) in [5.74, 6) is 0.816. The average Bonchev–Trinajstić information content (AvgIpc) is 3.12. The van der Waals surface area contributed by atoms with Gasteiger partial charge in [-0.25, -0.2) is 4.79 Å². The molecule has 0 radical (unpaired) electrons. The Balaban J connectivity index is 1.71. The van der Waals surface area contributed by atoms with Crippen LogP contribution in [0.25, 0.3) is 22.8 Å². The first-order valence-corrected chi connectivity index (χ1v) is 8.71. The molecule has 1 heterocycles. The minimum Gasteiger partial charge on any atom is -0.335 e. The Morgan fingerprint density at radius 2 is 1.92 bits per heavy atom. The summed E-state index contributed by atoms with van der Waals surface area (Å²) in [6.45, 7) is 3.97. The Labute approximate surface area is 156 Å². The summed E-state index contributed by atoms with van der Waals surface area (Å²) in [5, 5.41) is 10.2. The van der Waals surface area contributed by atoms with Crippen molar-refractivity contribution in [2.75, 3.05) is 5.32 Å². The summed E-state index contributed by atoms with van der Waals surface area (Å²) in [6.07, 6.45) is 0.873. The molecule has 26 heavy (non-hydrogen) atoms. The Morgan fingerprint density at radius 3 is 2.62 bits per heavy atom. The van der Waals surface area contributed by atoms with E-state index in [1.54, 1.807) is 18.2 Å². The molecule has 3 aromatic rings. The van der Waals surface area contributed by atoms with Crippen molar-refractivity contribution in [1.29, 1.82) is 0 Å². The lowest BCUT2D eigenvalue weighted by atomic mass is 10.2. The molecule has 2 amide bonds. The summed E-state index contributed by atoms with van der Waals surface area (Å²) in [5.41, 5.74) is 2.15. The van der Waals surface area contributed by atoms with Gasteiger partial charge in [-0.2, -0.15) is 4.98 Å². The number of urea groups is 1. The number of nitrogens with zero attached hydrogens (tertiary/aromatic N) is 2. The third kappa shape index (κ3) is 4.21. The van der Waals surface area contributed by atoms with E-state index >= 15 is 0 Å². The molecule has 2 N–H and O–H groups in total. The number of rotatable bonds is 5. The second-order valence-electron chi connectivity index (χ2n) is 5.89. The van der Waals surface area contributed by atoms with Crippen LogP contribution in [0.1, 0.15) is 20.3 Å². The van der Waals surface area contributed by atoms with Crippen LogP contribution >= 0.6 is 11.6 Å². The first-order valence-electron chi connectivity index (χ1n) is 8.33. The zero-order valence-corrected chi connectivity index (χ0v) is 15.2. The van der Waals surface area contributed by atoms with E-state index in [0.717, 1.165) is 12.0 Å². The monoisotopic (exact) mass is 370 g/mol. The van der Waals surface area contributed by atoms with Gasteiger partial charge in [-0.1, -0.05) is 35.8 Å². The Kier molecular flexibility index (Phi) is 5.53. The van der Waals surface area contributed by atoms with Crippen LogP contribution < -0.4 is 10.6 Å². The normalized spacial score (nSPS) is 11.8. The topological polar surface area (TPSA) is 80.0 Å². The smallest absolute Gasteiger partial charge is 0.319 e. The van der Waals surface area contributed by atoms with Crippen molar-refractivity contribution in [1.82, 2.24) is 15.5 Å². The van der Waals surface area contributed by atoms with Crippen molar-refractivity contribution in [3.05, 3.63) is 53.6 Å². The van der Waals surface area contributed by atoms with E-state index in [-0.39, 0.29) is 12.1 Å². The Morgan fingerprint density at radius 1 is 1.19 bits per heavy atom. The standard InChI is InChI=1S/C19H19ClN4O2/c1-3-12(2)21-19(25)22-14-10-8-13(9-11-14)17-23-18(26-24-17)15-6-4-5-7-16(15)20/h4-12H,3H2,1-2H3,(H2,21,22,25)/t12-/m1/s1. The summed E-state index contributed by atoms with van der Waals surface area (Å²) in [6, 6.07) is 14.4. The van der Waals surface area contributed by atoms with Gasteiger partial charge in [0, 0.05) is 17.3 Å². The van der Waals surface area contributed by atoms with Gasteiger partial charge < -0.3 is 15.2 Å². The minimum atomic E-state index is -0.229. The lowest BCUT2D eigenvalue weighted by molar-refractivity contribution is 0.249. The molecule has 6 nitrogen and oxygen atoms in total. The van der Waals surface area contributed by atoms with Gasteiger partial charge in [0.1, 0.15) is 0 Å². The number of nitrogens with one attached hydrogen (secondary N) is 2. The fourth-order valence-electron chi connectivity index (χ4n) is 2.28. The SMILES string of the molecule is CC[C@@H](C)NC(=O)Nc1ccc(-c2noc(-c3ccccc3Cl)n2)cc1. The van der Waals surface area contributed by atoms with E-state index in [9.17, 15) is 4.79 Å². The zero-order valence-electron chi connectivity index (χ0n) is 14.5. The second kappa shape index (κ2) is 8.01. The molecule has 0 aliphatic heterocycles. The number of hydrogen-bond acceptors (Lipinski definition) is 4. The molecular formula is C19H19ClN4O2. The van der Waals surface area contributed by atoms with Gasteiger partial charge in [0.05, 0.1) is 10.6 Å². The predicted molar refractivity (Wildman–Crippen MR) is 102 cm³/mol. The maximum atomic E-state index is 11.9. The van der Waals surface area contributed by atoms with Crippen molar-refractivity contribution >= 4 is 23.3 Å². The van der Waals surface area contributed by atoms with Crippen LogP contribution in [0.2, 0.25) is 5.02 Å². The fourth-order valence-corrected chi connectivity index (χ4v) is 2.50. The molecule has 134 valence electrons. The summed E-state index contributed by atoms with van der Waals surface area (Å²) in [7, 11) is 0. The minimum absolute atomic E-state index is 0.122. The van der Waals surface area contributed by atoms with E-state index in [2.05, 4.69) is 20.8 Å². The van der Waals surface area contributed by atoms with Gasteiger partial charge in [-0.15, -0.1) is 0 Å². The number of aromatic nitrogens is 2. The summed E-state index contributed by atoms with van der Waals surface area (Å²) in [4.78, 5) is 16.2. The highest BCUT2D eigenvalue weighted by Crippen LogP contribution is 2.28. The molecule has 0 fully saturated rings. The van der Waals surface area contributed by atoms with Crippen LogP contribution in [-0.4, -0.2) is 22.2 Å². The van der Waals surface area contributed by atoms with Crippen LogP contribution in [0, 0.1) is 0 Å². The van der Waals surface area contributed by atoms with Crippen molar-refractivity contribution < 1.29 is 9.32 Å². The molecule has 1 aromatic heterocycles. The second-order valence-corrected chi connectivity index (χ2v) is 6.30. The van der Waals surface area contributed by atoms with Crippen LogP contribution in [-0.2, 0) is 0 Å². The number of amides is 2. The van der Waals surface area contributed by atoms with Crippen LogP contribution in [0.3, 0.4) is 0 Å². The number of hydrogen-bond donors (Lipinski definition) is 2. The van der Waals surface area contributed by atoms with Crippen molar-refractivity contribution in [3.63, 3.8) is 0 Å². The lowest BCUT2D eigenvalue weighted by Crippen LogP contribution is -2.35. The van der Waals surface area contributed by atoms with E-state index in [1.165, 1.54) is 0 Å². The van der Waals surface area contributed by atoms with E-state index in [1.807, 2.05) is 44.2 Å². The van der Waals surface area contributed by atoms with Gasteiger partial charge in [-0.05, 0) is 49.7 Å². The number of halogens is 1. The molecule has 0 aliphatic carbocycles. The molecule has 7 heteroatoms. The van der Waals surface area contributed by atoms with Gasteiger partial charge in [0.2, 0.25) is 5.82 Å². The first-order chi connectivity index (χ1) is 12.6. The predicted octanol–water partition coefficient (Wildman–Crippen LogP) is 4.98. The fraction of sp³-hybridized carbons (Fsp3) is 0.211. The van der Waals surface area contributed by atoms with Gasteiger partial charge in [0.15, 0.2) is 0 Å². The molecule has 0 saturated carbocycles. The van der Waals surface area contributed by atoms with Gasteiger partial charge in [-0.3, -0.25) is 0 Å². The van der Waals surface area contributed by atoms with E-state index < -0.39 is 0 Å². The van der Waals surface area contributed by atoms with Crippen molar-refractivity contribution in [2.45, 2.75) is 26.3 Å². The van der Waals surface area contributed by atoms with Crippen LogP contribution in [0.4, 0.5) is 10.5 Å². The zero-order chi connectivity index (χ0) is 18.5. The maximum absolute atomic E-state index is 11.9. The maximum Gasteiger partial charge on any atom is 0.319 e. The molecule has 1 atom stereocenters. The first kappa shape index (κ1) is 17.9.